The van der Waals surface area contributed by atoms with Gasteiger partial charge in [-0.25, -0.2) is 9.97 Å². The van der Waals surface area contributed by atoms with Crippen molar-refractivity contribution in [2.24, 2.45) is 12.1 Å². The maximum absolute atomic E-state index is 5.41. The van der Waals surface area contributed by atoms with Crippen LogP contribution in [0, 0.1) is 6.92 Å². The lowest BCUT2D eigenvalue weighted by Gasteiger charge is -2.04. The number of rotatable bonds is 5. The molecule has 0 amide bonds. The molecule has 0 aliphatic carbocycles. The number of ether oxygens (including phenoxy) is 1. The van der Waals surface area contributed by atoms with Crippen molar-refractivity contribution in [2.45, 2.75) is 6.92 Å². The van der Waals surface area contributed by atoms with Gasteiger partial charge in [0.2, 0.25) is 0 Å². The first kappa shape index (κ1) is 19.3. The van der Waals surface area contributed by atoms with Crippen molar-refractivity contribution in [2.75, 3.05) is 12.5 Å². The molecule has 5 rings (SSSR count). The number of methoxy groups -OCH3 is 1. The molecule has 0 bridgehead atoms. The molecular formula is C24H21N5OS. The van der Waals surface area contributed by atoms with E-state index in [0.717, 1.165) is 49.3 Å². The van der Waals surface area contributed by atoms with E-state index in [2.05, 4.69) is 62.6 Å². The third kappa shape index (κ3) is 3.33. The number of hydrogen-bond donors (Lipinski definition) is 1. The van der Waals surface area contributed by atoms with E-state index in [0.29, 0.717) is 5.82 Å². The number of anilines is 1. The van der Waals surface area contributed by atoms with Gasteiger partial charge < -0.3 is 9.30 Å². The van der Waals surface area contributed by atoms with Gasteiger partial charge in [0, 0.05) is 40.2 Å². The minimum absolute atomic E-state index is 0.692. The van der Waals surface area contributed by atoms with Crippen molar-refractivity contribution in [1.29, 1.82) is 0 Å². The maximum Gasteiger partial charge on any atom is 0.159 e. The molecule has 6 nitrogen and oxygen atoms in total. The molecule has 0 spiro atoms. The van der Waals surface area contributed by atoms with Crippen LogP contribution < -0.4 is 10.2 Å². The lowest BCUT2D eigenvalue weighted by Crippen LogP contribution is -1.97. The van der Waals surface area contributed by atoms with Gasteiger partial charge in [-0.05, 0) is 30.7 Å². The fraction of sp³-hybridized carbons (Fsp3) is 0.125. The minimum Gasteiger partial charge on any atom is -0.497 e. The van der Waals surface area contributed by atoms with Crippen LogP contribution in [0.25, 0.3) is 32.2 Å². The summed E-state index contributed by atoms with van der Waals surface area (Å²) in [6.45, 7) is 2.09. The van der Waals surface area contributed by atoms with E-state index in [1.807, 2.05) is 36.5 Å². The molecule has 31 heavy (non-hydrogen) atoms. The van der Waals surface area contributed by atoms with Crippen LogP contribution in [0.3, 0.4) is 0 Å². The van der Waals surface area contributed by atoms with Crippen LogP contribution in [0.5, 0.6) is 5.75 Å². The molecule has 0 saturated heterocycles. The summed E-state index contributed by atoms with van der Waals surface area (Å²) in [5, 5.41) is 8.73. The van der Waals surface area contributed by atoms with E-state index in [9.17, 15) is 0 Å². The first-order chi connectivity index (χ1) is 15.2. The van der Waals surface area contributed by atoms with E-state index in [1.54, 1.807) is 24.8 Å². The summed E-state index contributed by atoms with van der Waals surface area (Å²) in [5.74, 6) is 1.51. The zero-order valence-corrected chi connectivity index (χ0v) is 18.3. The predicted octanol–water partition coefficient (Wildman–Crippen LogP) is 5.61. The third-order valence-corrected chi connectivity index (χ3v) is 6.45. The second kappa shape index (κ2) is 7.85. The Morgan fingerprint density at radius 2 is 1.97 bits per heavy atom. The molecule has 0 saturated carbocycles. The predicted molar refractivity (Wildman–Crippen MR) is 128 cm³/mol. The number of aromatic nitrogens is 3. The van der Waals surface area contributed by atoms with E-state index >= 15 is 0 Å². The molecule has 0 aliphatic heterocycles. The number of thiophene rings is 1. The van der Waals surface area contributed by atoms with E-state index in [1.165, 1.54) is 0 Å². The van der Waals surface area contributed by atoms with Gasteiger partial charge in [0.25, 0.3) is 0 Å². The number of hydrogen-bond acceptors (Lipinski definition) is 6. The summed E-state index contributed by atoms with van der Waals surface area (Å²) in [6.07, 6.45) is 3.42. The molecule has 0 fully saturated rings. The van der Waals surface area contributed by atoms with Crippen molar-refractivity contribution in [1.82, 2.24) is 14.5 Å². The Kier molecular flexibility index (Phi) is 4.88. The summed E-state index contributed by atoms with van der Waals surface area (Å²) < 4.78 is 7.57. The Morgan fingerprint density at radius 3 is 2.77 bits per heavy atom. The van der Waals surface area contributed by atoms with Crippen LogP contribution in [0.15, 0.2) is 65.3 Å². The van der Waals surface area contributed by atoms with Gasteiger partial charge in [-0.1, -0.05) is 30.3 Å². The molecule has 0 radical (unpaired) electrons. The summed E-state index contributed by atoms with van der Waals surface area (Å²) in [6, 6.07) is 16.3. The summed E-state index contributed by atoms with van der Waals surface area (Å²) >= 11 is 1.60. The number of fused-ring (bicyclic) bond motifs is 2. The summed E-state index contributed by atoms with van der Waals surface area (Å²) in [7, 11) is 3.73. The molecule has 1 N–H and O–H groups in total. The van der Waals surface area contributed by atoms with Crippen molar-refractivity contribution in [3.05, 3.63) is 71.5 Å². The van der Waals surface area contributed by atoms with E-state index in [-0.39, 0.29) is 0 Å². The number of nitrogens with zero attached hydrogens (tertiary/aromatic N) is 4. The molecule has 7 heteroatoms. The van der Waals surface area contributed by atoms with Crippen molar-refractivity contribution in [3.63, 3.8) is 0 Å². The number of hydrazone groups is 1. The minimum atomic E-state index is 0.692. The van der Waals surface area contributed by atoms with Crippen molar-refractivity contribution >= 4 is 44.5 Å². The normalized spacial score (nSPS) is 11.6. The highest BCUT2D eigenvalue weighted by molar-refractivity contribution is 7.17. The fourth-order valence-electron chi connectivity index (χ4n) is 3.82. The molecule has 5 aromatic rings. The largest absolute Gasteiger partial charge is 0.497 e. The van der Waals surface area contributed by atoms with Crippen molar-refractivity contribution < 1.29 is 4.74 Å². The van der Waals surface area contributed by atoms with Crippen molar-refractivity contribution in [3.8, 4) is 16.9 Å². The summed E-state index contributed by atoms with van der Waals surface area (Å²) in [4.78, 5) is 9.82. The van der Waals surface area contributed by atoms with E-state index in [4.69, 9.17) is 4.74 Å². The number of aryl methyl sites for hydroxylation is 1. The number of nitrogens with one attached hydrogen (secondary N) is 1. The first-order valence-electron chi connectivity index (χ1n) is 9.87. The Balaban J connectivity index is 1.54. The van der Waals surface area contributed by atoms with Crippen LogP contribution in [-0.4, -0.2) is 27.9 Å². The Labute approximate surface area is 183 Å². The first-order valence-corrected chi connectivity index (χ1v) is 10.7. The lowest BCUT2D eigenvalue weighted by atomic mass is 10.1. The standard InChI is InChI=1S/C24H21N5OS/c1-15-19(18-11-17(30-3)9-10-21(18)29(15)2)12-27-28-23-22-20(16-7-5-4-6-8-16)13-31-24(22)26-14-25-23/h4-14H,1-3H3,(H,25,26,28)/b27-12-. The smallest absolute Gasteiger partial charge is 0.159 e. The Hall–Kier alpha value is -3.71. The number of benzene rings is 2. The van der Waals surface area contributed by atoms with Crippen LogP contribution in [0.4, 0.5) is 5.82 Å². The van der Waals surface area contributed by atoms with Crippen LogP contribution >= 0.6 is 11.3 Å². The second-order valence-corrected chi connectivity index (χ2v) is 8.09. The monoisotopic (exact) mass is 427 g/mol. The van der Waals surface area contributed by atoms with E-state index < -0.39 is 0 Å². The Bertz CT molecular complexity index is 1420. The summed E-state index contributed by atoms with van der Waals surface area (Å²) in [5.41, 5.74) is 8.68. The molecule has 0 unspecified atom stereocenters. The zero-order valence-electron chi connectivity index (χ0n) is 17.5. The molecule has 0 aliphatic rings. The SMILES string of the molecule is COc1ccc2c(c1)c(/C=N\Nc1ncnc3scc(-c4ccccc4)c13)c(C)n2C. The average molecular weight is 428 g/mol. The quantitative estimate of drug-likeness (QED) is 0.292. The highest BCUT2D eigenvalue weighted by Gasteiger charge is 2.14. The highest BCUT2D eigenvalue weighted by atomic mass is 32.1. The second-order valence-electron chi connectivity index (χ2n) is 7.23. The molecule has 2 aromatic carbocycles. The molecule has 154 valence electrons. The Morgan fingerprint density at radius 1 is 1.13 bits per heavy atom. The van der Waals surface area contributed by atoms with Gasteiger partial charge >= 0.3 is 0 Å². The van der Waals surface area contributed by atoms with Crippen LogP contribution in [0.2, 0.25) is 0 Å². The van der Waals surface area contributed by atoms with Crippen LogP contribution in [0.1, 0.15) is 11.3 Å². The van der Waals surface area contributed by atoms with Gasteiger partial charge in [-0.15, -0.1) is 11.3 Å². The van der Waals surface area contributed by atoms with Gasteiger partial charge in [0.1, 0.15) is 16.9 Å². The maximum atomic E-state index is 5.41. The molecule has 3 heterocycles. The third-order valence-electron chi connectivity index (χ3n) is 5.57. The molecule has 3 aromatic heterocycles. The van der Waals surface area contributed by atoms with Gasteiger partial charge in [0.15, 0.2) is 5.82 Å². The average Bonchev–Trinajstić information content (AvgIpc) is 3.35. The van der Waals surface area contributed by atoms with Gasteiger partial charge in [0.05, 0.1) is 18.7 Å². The molecular weight excluding hydrogens is 406 g/mol. The zero-order chi connectivity index (χ0) is 21.4. The van der Waals surface area contributed by atoms with Gasteiger partial charge in [-0.2, -0.15) is 5.10 Å². The molecule has 0 atom stereocenters. The fourth-order valence-corrected chi connectivity index (χ4v) is 4.73. The van der Waals surface area contributed by atoms with Crippen LogP contribution in [-0.2, 0) is 7.05 Å². The highest BCUT2D eigenvalue weighted by Crippen LogP contribution is 2.36. The topological polar surface area (TPSA) is 64.3 Å². The van der Waals surface area contributed by atoms with Gasteiger partial charge in [-0.3, -0.25) is 5.43 Å². The lowest BCUT2D eigenvalue weighted by molar-refractivity contribution is 0.415.